The Morgan fingerprint density at radius 3 is 2.54 bits per heavy atom. The summed E-state index contributed by atoms with van der Waals surface area (Å²) in [4.78, 5) is 12.2. The molecule has 0 radical (unpaired) electrons. The lowest BCUT2D eigenvalue weighted by atomic mass is 10.2. The lowest BCUT2D eigenvalue weighted by molar-refractivity contribution is 0.0977. The van der Waals surface area contributed by atoms with E-state index in [0.717, 1.165) is 23.4 Å². The number of carbonyl (C=O) groups excluding carboxylic acids is 1. The summed E-state index contributed by atoms with van der Waals surface area (Å²) >= 11 is 5.19. The lowest BCUT2D eigenvalue weighted by Gasteiger charge is -2.13. The van der Waals surface area contributed by atoms with E-state index in [1.165, 1.54) is 0 Å². The van der Waals surface area contributed by atoms with Crippen LogP contribution in [0.3, 0.4) is 0 Å². The van der Waals surface area contributed by atoms with Gasteiger partial charge in [-0.15, -0.1) is 0 Å². The largest absolute Gasteiger partial charge is 0.491 e. The van der Waals surface area contributed by atoms with Gasteiger partial charge in [-0.25, -0.2) is 0 Å². The van der Waals surface area contributed by atoms with Crippen molar-refractivity contribution >= 4 is 28.9 Å². The molecule has 0 spiro atoms. The van der Waals surface area contributed by atoms with Gasteiger partial charge in [-0.2, -0.15) is 0 Å². The number of benzene rings is 2. The molecule has 2 aromatic rings. The van der Waals surface area contributed by atoms with E-state index in [1.54, 1.807) is 24.3 Å². The average Bonchev–Trinajstić information content (AvgIpc) is 2.55. The van der Waals surface area contributed by atoms with Crippen molar-refractivity contribution in [1.82, 2.24) is 5.32 Å². The molecular weight excluding hydrogens is 320 g/mol. The van der Waals surface area contributed by atoms with Crippen LogP contribution in [0.15, 0.2) is 48.5 Å². The summed E-state index contributed by atoms with van der Waals surface area (Å²) in [7, 11) is 0. The summed E-state index contributed by atoms with van der Waals surface area (Å²) in [6.07, 6.45) is 1.08. The molecule has 1 atom stereocenters. The van der Waals surface area contributed by atoms with E-state index in [4.69, 9.17) is 17.0 Å². The fourth-order valence-corrected chi connectivity index (χ4v) is 2.27. The summed E-state index contributed by atoms with van der Waals surface area (Å²) in [5.74, 6) is 0.497. The Morgan fingerprint density at radius 2 is 1.92 bits per heavy atom. The highest BCUT2D eigenvalue weighted by Gasteiger charge is 2.09. The normalized spacial score (nSPS) is 11.5. The van der Waals surface area contributed by atoms with Gasteiger partial charge < -0.3 is 10.1 Å². The first-order valence-electron chi connectivity index (χ1n) is 7.93. The molecule has 1 amide bonds. The number of carbonyl (C=O) groups is 1. The molecule has 0 heterocycles. The molecule has 24 heavy (non-hydrogen) atoms. The first kappa shape index (κ1) is 17.9. The maximum atomic E-state index is 12.2. The smallest absolute Gasteiger partial charge is 0.257 e. The number of thiocarbonyl (C=S) groups is 1. The van der Waals surface area contributed by atoms with Crippen molar-refractivity contribution in [2.75, 3.05) is 5.32 Å². The zero-order chi connectivity index (χ0) is 17.5. The van der Waals surface area contributed by atoms with Crippen molar-refractivity contribution < 1.29 is 9.53 Å². The van der Waals surface area contributed by atoms with Gasteiger partial charge in [0, 0.05) is 11.3 Å². The monoisotopic (exact) mass is 342 g/mol. The summed E-state index contributed by atoms with van der Waals surface area (Å²) in [5.41, 5.74) is 2.49. The predicted octanol–water partition coefficient (Wildman–Crippen LogP) is 4.30. The molecule has 2 N–H and O–H groups in total. The molecule has 0 fully saturated rings. The lowest BCUT2D eigenvalue weighted by Crippen LogP contribution is -2.34. The maximum absolute atomic E-state index is 12.2. The van der Waals surface area contributed by atoms with Gasteiger partial charge in [-0.1, -0.05) is 19.1 Å². The molecule has 0 bridgehead atoms. The van der Waals surface area contributed by atoms with Crippen LogP contribution in [-0.4, -0.2) is 17.1 Å². The Labute approximate surface area is 148 Å². The highest BCUT2D eigenvalue weighted by molar-refractivity contribution is 7.80. The van der Waals surface area contributed by atoms with E-state index in [-0.39, 0.29) is 17.1 Å². The third kappa shape index (κ3) is 5.35. The maximum Gasteiger partial charge on any atom is 0.257 e. The third-order valence-corrected chi connectivity index (χ3v) is 3.74. The molecule has 0 saturated heterocycles. The second-order valence-electron chi connectivity index (χ2n) is 5.64. The Morgan fingerprint density at radius 1 is 1.21 bits per heavy atom. The Kier molecular flexibility index (Phi) is 6.32. The highest BCUT2D eigenvalue weighted by atomic mass is 32.1. The van der Waals surface area contributed by atoms with Crippen molar-refractivity contribution in [2.24, 2.45) is 0 Å². The first-order chi connectivity index (χ1) is 11.5. The Balaban J connectivity index is 1.93. The minimum absolute atomic E-state index is 0.149. The Bertz CT molecular complexity index is 714. The summed E-state index contributed by atoms with van der Waals surface area (Å²) in [6, 6.07) is 14.8. The SMILES string of the molecule is CCC(C)Oc1ccc(C(=O)NC(=S)Nc2cccc(C)c2)cc1. The van der Waals surface area contributed by atoms with Gasteiger partial charge >= 0.3 is 0 Å². The standard InChI is InChI=1S/C19H22N2O2S/c1-4-14(3)23-17-10-8-15(9-11-17)18(22)21-19(24)20-16-7-5-6-13(2)12-16/h5-12,14H,4H2,1-3H3,(H2,20,21,22,24). The van der Waals surface area contributed by atoms with E-state index in [1.807, 2.05) is 38.1 Å². The van der Waals surface area contributed by atoms with Gasteiger partial charge in [0.25, 0.3) is 5.91 Å². The van der Waals surface area contributed by atoms with Crippen LogP contribution in [0.5, 0.6) is 5.75 Å². The van der Waals surface area contributed by atoms with Gasteiger partial charge in [0.2, 0.25) is 0 Å². The molecule has 0 aliphatic heterocycles. The first-order valence-corrected chi connectivity index (χ1v) is 8.34. The molecule has 2 aromatic carbocycles. The summed E-state index contributed by atoms with van der Waals surface area (Å²) in [5, 5.41) is 5.95. The molecule has 0 aromatic heterocycles. The minimum Gasteiger partial charge on any atom is -0.491 e. The van der Waals surface area contributed by atoms with E-state index in [0.29, 0.717) is 5.56 Å². The van der Waals surface area contributed by atoms with Gasteiger partial charge in [-0.05, 0) is 74.4 Å². The molecule has 126 valence electrons. The fraction of sp³-hybridized carbons (Fsp3) is 0.263. The molecule has 4 nitrogen and oxygen atoms in total. The molecule has 0 aliphatic carbocycles. The van der Waals surface area contributed by atoms with Crippen molar-refractivity contribution in [3.05, 3.63) is 59.7 Å². The molecule has 2 rings (SSSR count). The van der Waals surface area contributed by atoms with Crippen LogP contribution in [0.4, 0.5) is 5.69 Å². The number of hydrogen-bond acceptors (Lipinski definition) is 3. The van der Waals surface area contributed by atoms with E-state index >= 15 is 0 Å². The zero-order valence-corrected chi connectivity index (χ0v) is 14.9. The van der Waals surface area contributed by atoms with Crippen LogP contribution in [0.25, 0.3) is 0 Å². The third-order valence-electron chi connectivity index (χ3n) is 3.53. The topological polar surface area (TPSA) is 50.4 Å². The molecule has 1 unspecified atom stereocenters. The number of amides is 1. The summed E-state index contributed by atoms with van der Waals surface area (Å²) in [6.45, 7) is 6.07. The van der Waals surface area contributed by atoms with Crippen LogP contribution < -0.4 is 15.4 Å². The molecular formula is C19H22N2O2S. The fourth-order valence-electron chi connectivity index (χ4n) is 2.06. The number of nitrogens with one attached hydrogen (secondary N) is 2. The second kappa shape index (κ2) is 8.45. The van der Waals surface area contributed by atoms with Crippen molar-refractivity contribution in [3.8, 4) is 5.75 Å². The predicted molar refractivity (Wildman–Crippen MR) is 102 cm³/mol. The molecule has 0 saturated carbocycles. The zero-order valence-electron chi connectivity index (χ0n) is 14.1. The van der Waals surface area contributed by atoms with Crippen LogP contribution in [0.1, 0.15) is 36.2 Å². The van der Waals surface area contributed by atoms with Gasteiger partial charge in [0.1, 0.15) is 5.75 Å². The number of rotatable bonds is 5. The van der Waals surface area contributed by atoms with Crippen LogP contribution >= 0.6 is 12.2 Å². The quantitative estimate of drug-likeness (QED) is 0.796. The summed E-state index contributed by atoms with van der Waals surface area (Å²) < 4.78 is 5.70. The van der Waals surface area contributed by atoms with Gasteiger partial charge in [0.15, 0.2) is 5.11 Å². The second-order valence-corrected chi connectivity index (χ2v) is 6.05. The number of aryl methyl sites for hydroxylation is 1. The molecule has 0 aliphatic rings. The minimum atomic E-state index is -0.254. The van der Waals surface area contributed by atoms with Crippen molar-refractivity contribution in [2.45, 2.75) is 33.3 Å². The van der Waals surface area contributed by atoms with E-state index in [2.05, 4.69) is 17.6 Å². The number of ether oxygens (including phenoxy) is 1. The number of anilines is 1. The Hall–Kier alpha value is -2.40. The van der Waals surface area contributed by atoms with Crippen molar-refractivity contribution in [1.29, 1.82) is 0 Å². The van der Waals surface area contributed by atoms with E-state index < -0.39 is 0 Å². The van der Waals surface area contributed by atoms with Crippen LogP contribution in [0, 0.1) is 6.92 Å². The average molecular weight is 342 g/mol. The van der Waals surface area contributed by atoms with E-state index in [9.17, 15) is 4.79 Å². The molecule has 5 heteroatoms. The van der Waals surface area contributed by atoms with Crippen molar-refractivity contribution in [3.63, 3.8) is 0 Å². The highest BCUT2D eigenvalue weighted by Crippen LogP contribution is 2.15. The van der Waals surface area contributed by atoms with Crippen LogP contribution in [0.2, 0.25) is 0 Å². The van der Waals surface area contributed by atoms with Gasteiger partial charge in [-0.3, -0.25) is 10.1 Å². The van der Waals surface area contributed by atoms with Gasteiger partial charge in [0.05, 0.1) is 6.10 Å². The number of hydrogen-bond donors (Lipinski definition) is 2. The van der Waals surface area contributed by atoms with Crippen LogP contribution in [-0.2, 0) is 0 Å².